The zero-order valence-corrected chi connectivity index (χ0v) is 14.1. The number of hydrogen-bond acceptors (Lipinski definition) is 7. The summed E-state index contributed by atoms with van der Waals surface area (Å²) in [7, 11) is 0. The van der Waals surface area contributed by atoms with Crippen LogP contribution in [0.25, 0.3) is 0 Å². The van der Waals surface area contributed by atoms with E-state index in [0.717, 1.165) is 37.6 Å². The molecular weight excluding hydrogens is 320 g/mol. The highest BCUT2D eigenvalue weighted by Crippen LogP contribution is 2.32. The number of furan rings is 1. The molecule has 7 heteroatoms. The molecule has 7 nitrogen and oxygen atoms in total. The monoisotopic (exact) mass is 342 g/mol. The van der Waals surface area contributed by atoms with Gasteiger partial charge in [-0.15, -0.1) is 0 Å². The van der Waals surface area contributed by atoms with Crippen LogP contribution in [0.15, 0.2) is 29.0 Å². The highest BCUT2D eigenvalue weighted by atomic mass is 16.3. The van der Waals surface area contributed by atoms with E-state index >= 15 is 0 Å². The number of fused-ring (bicyclic) bond motifs is 1. The van der Waals surface area contributed by atoms with Gasteiger partial charge in [0.05, 0.1) is 24.1 Å². The van der Waals surface area contributed by atoms with E-state index in [1.54, 1.807) is 12.5 Å². The number of aliphatic hydroxyl groups is 1. The van der Waals surface area contributed by atoms with E-state index in [2.05, 4.69) is 14.8 Å². The van der Waals surface area contributed by atoms with Crippen LogP contribution in [0.1, 0.15) is 34.2 Å². The van der Waals surface area contributed by atoms with E-state index in [9.17, 15) is 4.79 Å². The van der Waals surface area contributed by atoms with E-state index < -0.39 is 0 Å². The SMILES string of the molecule is O=C1C[C@@H](c2ccco2)Cc2nc(N3CCN(CCO)CC3)ncc21. The number of rotatable bonds is 4. The first-order chi connectivity index (χ1) is 12.2. The Bertz CT molecular complexity index is 739. The van der Waals surface area contributed by atoms with Gasteiger partial charge in [-0.1, -0.05) is 0 Å². The number of aliphatic hydroxyl groups excluding tert-OH is 1. The summed E-state index contributed by atoms with van der Waals surface area (Å²) < 4.78 is 5.49. The average molecular weight is 342 g/mol. The first kappa shape index (κ1) is 16.2. The molecule has 4 rings (SSSR count). The van der Waals surface area contributed by atoms with Gasteiger partial charge in [0.25, 0.3) is 0 Å². The minimum atomic E-state index is 0.0548. The van der Waals surface area contributed by atoms with Gasteiger partial charge in [0.2, 0.25) is 5.95 Å². The Labute approximate surface area is 146 Å². The van der Waals surface area contributed by atoms with Crippen molar-refractivity contribution >= 4 is 11.7 Å². The van der Waals surface area contributed by atoms with E-state index in [0.29, 0.717) is 30.9 Å². The summed E-state index contributed by atoms with van der Waals surface area (Å²) in [6.45, 7) is 4.32. The maximum Gasteiger partial charge on any atom is 0.225 e. The van der Waals surface area contributed by atoms with E-state index in [4.69, 9.17) is 14.5 Å². The smallest absolute Gasteiger partial charge is 0.225 e. The van der Waals surface area contributed by atoms with Gasteiger partial charge in [-0.05, 0) is 12.1 Å². The quantitative estimate of drug-likeness (QED) is 0.891. The molecule has 0 spiro atoms. The first-order valence-electron chi connectivity index (χ1n) is 8.75. The molecule has 132 valence electrons. The molecule has 1 aliphatic heterocycles. The number of nitrogens with zero attached hydrogens (tertiary/aromatic N) is 4. The van der Waals surface area contributed by atoms with Gasteiger partial charge < -0.3 is 14.4 Å². The molecule has 2 aliphatic rings. The molecule has 0 radical (unpaired) electrons. The maximum absolute atomic E-state index is 12.4. The van der Waals surface area contributed by atoms with Crippen LogP contribution in [0.5, 0.6) is 0 Å². The standard InChI is InChI=1S/C18H22N4O3/c23-8-7-21-3-5-22(6-4-21)18-19-12-14-15(20-18)10-13(11-16(14)24)17-2-1-9-25-17/h1-2,9,12-13,23H,3-8,10-11H2/t13-/m0/s1. The van der Waals surface area contributed by atoms with Crippen LogP contribution in [0, 0.1) is 0 Å². The molecule has 25 heavy (non-hydrogen) atoms. The average Bonchev–Trinajstić information content (AvgIpc) is 3.17. The fourth-order valence-corrected chi connectivity index (χ4v) is 3.62. The Morgan fingerprint density at radius 2 is 2.08 bits per heavy atom. The Balaban J connectivity index is 1.52. The summed E-state index contributed by atoms with van der Waals surface area (Å²) in [6.07, 6.45) is 4.47. The van der Waals surface area contributed by atoms with Gasteiger partial charge in [-0.3, -0.25) is 9.69 Å². The molecular formula is C18H22N4O3. The molecule has 2 aromatic rings. The van der Waals surface area contributed by atoms with Crippen molar-refractivity contribution in [3.05, 3.63) is 41.6 Å². The fourth-order valence-electron chi connectivity index (χ4n) is 3.62. The number of carbonyl (C=O) groups excluding carboxylic acids is 1. The third-order valence-electron chi connectivity index (χ3n) is 5.04. The first-order valence-corrected chi connectivity index (χ1v) is 8.75. The van der Waals surface area contributed by atoms with Crippen molar-refractivity contribution in [2.75, 3.05) is 44.2 Å². The summed E-state index contributed by atoms with van der Waals surface area (Å²) in [5, 5.41) is 9.04. The van der Waals surface area contributed by atoms with Crippen molar-refractivity contribution in [2.45, 2.75) is 18.8 Å². The molecule has 1 saturated heterocycles. The largest absolute Gasteiger partial charge is 0.469 e. The van der Waals surface area contributed by atoms with Crippen molar-refractivity contribution in [3.63, 3.8) is 0 Å². The maximum atomic E-state index is 12.4. The third-order valence-corrected chi connectivity index (χ3v) is 5.04. The molecule has 0 saturated carbocycles. The molecule has 1 N–H and O–H groups in total. The molecule has 0 amide bonds. The topological polar surface area (TPSA) is 82.7 Å². The van der Waals surface area contributed by atoms with Crippen molar-refractivity contribution in [1.82, 2.24) is 14.9 Å². The van der Waals surface area contributed by atoms with Gasteiger partial charge in [-0.25, -0.2) is 9.97 Å². The minimum absolute atomic E-state index is 0.0548. The number of Topliss-reactive ketones (excluding diaryl/α,β-unsaturated/α-hetero) is 1. The van der Waals surface area contributed by atoms with Crippen molar-refractivity contribution < 1.29 is 14.3 Å². The molecule has 0 aromatic carbocycles. The number of aromatic nitrogens is 2. The predicted molar refractivity (Wildman–Crippen MR) is 91.9 cm³/mol. The van der Waals surface area contributed by atoms with Crippen LogP contribution in [0.2, 0.25) is 0 Å². The van der Waals surface area contributed by atoms with Crippen LogP contribution < -0.4 is 4.90 Å². The number of ketones is 1. The van der Waals surface area contributed by atoms with Crippen molar-refractivity contribution in [2.24, 2.45) is 0 Å². The third kappa shape index (κ3) is 3.29. The van der Waals surface area contributed by atoms with Crippen molar-refractivity contribution in [3.8, 4) is 0 Å². The van der Waals surface area contributed by atoms with Crippen LogP contribution in [-0.4, -0.2) is 65.1 Å². The number of carbonyl (C=O) groups is 1. The molecule has 0 unspecified atom stereocenters. The number of β-amino-alcohol motifs (C(OH)–C–C–N with tert-alkyl or cyclic N) is 1. The van der Waals surface area contributed by atoms with Crippen molar-refractivity contribution in [1.29, 1.82) is 0 Å². The molecule has 1 fully saturated rings. The second-order valence-electron chi connectivity index (χ2n) is 6.63. The van der Waals surface area contributed by atoms with Crippen LogP contribution >= 0.6 is 0 Å². The fraction of sp³-hybridized carbons (Fsp3) is 0.500. The van der Waals surface area contributed by atoms with Gasteiger partial charge in [0, 0.05) is 57.7 Å². The Morgan fingerprint density at radius 1 is 1.24 bits per heavy atom. The lowest BCUT2D eigenvalue weighted by atomic mass is 9.85. The lowest BCUT2D eigenvalue weighted by Gasteiger charge is -2.34. The molecule has 2 aromatic heterocycles. The van der Waals surface area contributed by atoms with Gasteiger partial charge in [0.1, 0.15) is 5.76 Å². The second kappa shape index (κ2) is 6.93. The van der Waals surface area contributed by atoms with E-state index in [1.165, 1.54) is 0 Å². The van der Waals surface area contributed by atoms with E-state index in [1.807, 2.05) is 12.1 Å². The molecule has 0 bridgehead atoms. The normalized spacial score (nSPS) is 21.4. The summed E-state index contributed by atoms with van der Waals surface area (Å²) >= 11 is 0. The zero-order valence-electron chi connectivity index (χ0n) is 14.1. The van der Waals surface area contributed by atoms with Gasteiger partial charge in [-0.2, -0.15) is 0 Å². The molecule has 1 atom stereocenters. The molecule has 1 aliphatic carbocycles. The van der Waals surface area contributed by atoms with Gasteiger partial charge in [0.15, 0.2) is 5.78 Å². The van der Waals surface area contributed by atoms with Crippen LogP contribution in [0.4, 0.5) is 5.95 Å². The minimum Gasteiger partial charge on any atom is -0.469 e. The van der Waals surface area contributed by atoms with Crippen LogP contribution in [-0.2, 0) is 6.42 Å². The second-order valence-corrected chi connectivity index (χ2v) is 6.63. The Morgan fingerprint density at radius 3 is 2.80 bits per heavy atom. The lowest BCUT2D eigenvalue weighted by molar-refractivity contribution is 0.0958. The summed E-state index contributed by atoms with van der Waals surface area (Å²) in [5.41, 5.74) is 1.46. The number of piperazine rings is 1. The summed E-state index contributed by atoms with van der Waals surface area (Å²) in [4.78, 5) is 25.9. The predicted octanol–water partition coefficient (Wildman–Crippen LogP) is 1.10. The highest BCUT2D eigenvalue weighted by Gasteiger charge is 2.30. The number of anilines is 1. The van der Waals surface area contributed by atoms with Gasteiger partial charge >= 0.3 is 0 Å². The summed E-state index contributed by atoms with van der Waals surface area (Å²) in [6, 6.07) is 3.78. The Hall–Kier alpha value is -2.25. The highest BCUT2D eigenvalue weighted by molar-refractivity contribution is 5.98. The Kier molecular flexibility index (Phi) is 4.50. The zero-order chi connectivity index (χ0) is 17.2. The lowest BCUT2D eigenvalue weighted by Crippen LogP contribution is -2.47. The summed E-state index contributed by atoms with van der Waals surface area (Å²) in [5.74, 6) is 1.67. The van der Waals surface area contributed by atoms with E-state index in [-0.39, 0.29) is 18.3 Å². The molecule has 3 heterocycles. The number of hydrogen-bond donors (Lipinski definition) is 1. The van der Waals surface area contributed by atoms with Crippen LogP contribution in [0.3, 0.4) is 0 Å².